The number of carbonyl (C=O) groups is 1. The number of nitrogens with one attached hydrogen (secondary N) is 1. The zero-order valence-electron chi connectivity index (χ0n) is 15.8. The third-order valence-corrected chi connectivity index (χ3v) is 4.98. The summed E-state index contributed by atoms with van der Waals surface area (Å²) >= 11 is 0. The van der Waals surface area contributed by atoms with Crippen molar-refractivity contribution in [1.82, 2.24) is 20.0 Å². The van der Waals surface area contributed by atoms with Crippen molar-refractivity contribution in [1.29, 1.82) is 0 Å². The van der Waals surface area contributed by atoms with Gasteiger partial charge in [-0.05, 0) is 31.5 Å². The van der Waals surface area contributed by atoms with E-state index in [1.807, 2.05) is 24.0 Å². The number of amides is 1. The summed E-state index contributed by atoms with van der Waals surface area (Å²) < 4.78 is 1.82. The van der Waals surface area contributed by atoms with Crippen LogP contribution in [-0.4, -0.2) is 59.4 Å². The average molecular weight is 355 g/mol. The van der Waals surface area contributed by atoms with Gasteiger partial charge in [-0.25, -0.2) is 0 Å². The highest BCUT2D eigenvalue weighted by molar-refractivity contribution is 5.75. The molecule has 1 aliphatic rings. The van der Waals surface area contributed by atoms with Gasteiger partial charge in [0.25, 0.3) is 0 Å². The van der Waals surface area contributed by atoms with E-state index in [4.69, 9.17) is 0 Å². The molecule has 3 rings (SSSR count). The number of benzene rings is 1. The van der Waals surface area contributed by atoms with Crippen LogP contribution >= 0.6 is 0 Å². The first-order valence-electron chi connectivity index (χ1n) is 9.41. The van der Waals surface area contributed by atoms with Crippen LogP contribution in [0.25, 0.3) is 0 Å². The highest BCUT2D eigenvalue weighted by Gasteiger charge is 2.21. The van der Waals surface area contributed by atoms with Crippen molar-refractivity contribution in [3.8, 4) is 0 Å². The van der Waals surface area contributed by atoms with Crippen molar-refractivity contribution < 1.29 is 4.79 Å². The molecule has 0 radical (unpaired) electrons. The first-order chi connectivity index (χ1) is 12.6. The molecule has 0 aliphatic carbocycles. The number of hydrogen-bond acceptors (Lipinski definition) is 4. The molecule has 1 amide bonds. The maximum atomic E-state index is 12.1. The lowest BCUT2D eigenvalue weighted by Gasteiger charge is -2.39. The number of hydrogen-bond donors (Lipinski definition) is 1. The first-order valence-corrected chi connectivity index (χ1v) is 9.41. The topological polar surface area (TPSA) is 53.4 Å². The van der Waals surface area contributed by atoms with E-state index in [0.29, 0.717) is 25.6 Å². The summed E-state index contributed by atoms with van der Waals surface area (Å²) in [6, 6.07) is 10.9. The van der Waals surface area contributed by atoms with Crippen LogP contribution in [0.5, 0.6) is 0 Å². The maximum absolute atomic E-state index is 12.1. The van der Waals surface area contributed by atoms with Crippen molar-refractivity contribution in [3.63, 3.8) is 0 Å². The zero-order valence-corrected chi connectivity index (χ0v) is 15.8. The maximum Gasteiger partial charge on any atom is 0.221 e. The predicted molar refractivity (Wildman–Crippen MR) is 104 cm³/mol. The van der Waals surface area contributed by atoms with E-state index < -0.39 is 0 Å². The third kappa shape index (κ3) is 5.08. The zero-order chi connectivity index (χ0) is 18.4. The van der Waals surface area contributed by atoms with Gasteiger partial charge in [-0.15, -0.1) is 0 Å². The largest absolute Gasteiger partial charge is 0.369 e. The van der Waals surface area contributed by atoms with Crippen molar-refractivity contribution >= 4 is 11.6 Å². The van der Waals surface area contributed by atoms with E-state index in [9.17, 15) is 4.79 Å². The number of nitrogens with zero attached hydrogens (tertiary/aromatic N) is 4. The molecule has 1 fully saturated rings. The van der Waals surface area contributed by atoms with E-state index >= 15 is 0 Å². The van der Waals surface area contributed by atoms with E-state index in [1.165, 1.54) is 5.69 Å². The van der Waals surface area contributed by atoms with Gasteiger partial charge in [0.1, 0.15) is 0 Å². The summed E-state index contributed by atoms with van der Waals surface area (Å²) in [5, 5.41) is 7.28. The van der Waals surface area contributed by atoms with Gasteiger partial charge in [0.15, 0.2) is 0 Å². The summed E-state index contributed by atoms with van der Waals surface area (Å²) in [5.41, 5.74) is 2.41. The fourth-order valence-corrected chi connectivity index (χ4v) is 3.34. The van der Waals surface area contributed by atoms with Gasteiger partial charge in [0.05, 0.1) is 6.20 Å². The number of para-hydroxylation sites is 1. The molecule has 6 nitrogen and oxygen atoms in total. The Bertz CT molecular complexity index is 691. The van der Waals surface area contributed by atoms with Gasteiger partial charge < -0.3 is 10.2 Å². The Labute approximate surface area is 155 Å². The lowest BCUT2D eigenvalue weighted by Crippen LogP contribution is -2.52. The normalized spacial score (nSPS) is 16.5. The van der Waals surface area contributed by atoms with Crippen LogP contribution in [0.2, 0.25) is 0 Å². The number of rotatable bonds is 7. The summed E-state index contributed by atoms with van der Waals surface area (Å²) in [7, 11) is 0. The van der Waals surface area contributed by atoms with Crippen molar-refractivity contribution in [3.05, 3.63) is 48.3 Å². The standard InChI is InChI=1S/C20H29N5O/c1-17-14-22-25(16-17)9-8-20(26)21-15-18(2)23-10-12-24(13-11-23)19-6-4-3-5-7-19/h3-7,14,16,18H,8-13,15H2,1-2H3,(H,21,26). The molecule has 1 N–H and O–H groups in total. The minimum absolute atomic E-state index is 0.0907. The Morgan fingerprint density at radius 2 is 1.92 bits per heavy atom. The Kier molecular flexibility index (Phi) is 6.28. The molecule has 2 heterocycles. The van der Waals surface area contributed by atoms with E-state index in [2.05, 4.69) is 57.5 Å². The summed E-state index contributed by atoms with van der Waals surface area (Å²) in [5.74, 6) is 0.0907. The minimum atomic E-state index is 0.0907. The molecule has 0 bridgehead atoms. The van der Waals surface area contributed by atoms with Gasteiger partial charge >= 0.3 is 0 Å². The Morgan fingerprint density at radius 3 is 2.58 bits per heavy atom. The van der Waals surface area contributed by atoms with Crippen LogP contribution in [0.3, 0.4) is 0 Å². The average Bonchev–Trinajstić information content (AvgIpc) is 3.10. The second-order valence-corrected chi connectivity index (χ2v) is 7.04. The van der Waals surface area contributed by atoms with E-state index in [-0.39, 0.29) is 5.91 Å². The molecular formula is C20H29N5O. The van der Waals surface area contributed by atoms with Crippen LogP contribution in [0, 0.1) is 6.92 Å². The molecule has 1 aromatic carbocycles. The lowest BCUT2D eigenvalue weighted by atomic mass is 10.2. The van der Waals surface area contributed by atoms with Crippen molar-refractivity contribution in [2.24, 2.45) is 0 Å². The summed E-state index contributed by atoms with van der Waals surface area (Å²) in [6.45, 7) is 9.63. The van der Waals surface area contributed by atoms with Crippen molar-refractivity contribution in [2.45, 2.75) is 32.9 Å². The first kappa shape index (κ1) is 18.5. The molecule has 1 aromatic heterocycles. The quantitative estimate of drug-likeness (QED) is 0.824. The smallest absolute Gasteiger partial charge is 0.221 e. The Balaban J connectivity index is 1.36. The van der Waals surface area contributed by atoms with Crippen LogP contribution in [0.1, 0.15) is 18.9 Å². The van der Waals surface area contributed by atoms with Crippen LogP contribution in [-0.2, 0) is 11.3 Å². The summed E-state index contributed by atoms with van der Waals surface area (Å²) in [6.07, 6.45) is 4.24. The van der Waals surface area contributed by atoms with Gasteiger partial charge in [0, 0.05) is 63.6 Å². The molecule has 1 saturated heterocycles. The molecule has 140 valence electrons. The van der Waals surface area contributed by atoms with Gasteiger partial charge in [0.2, 0.25) is 5.91 Å². The van der Waals surface area contributed by atoms with Crippen molar-refractivity contribution in [2.75, 3.05) is 37.6 Å². The van der Waals surface area contributed by atoms with Gasteiger partial charge in [-0.1, -0.05) is 18.2 Å². The molecule has 0 spiro atoms. The fraction of sp³-hybridized carbons (Fsp3) is 0.500. The third-order valence-electron chi connectivity index (χ3n) is 4.98. The Morgan fingerprint density at radius 1 is 1.19 bits per heavy atom. The minimum Gasteiger partial charge on any atom is -0.369 e. The van der Waals surface area contributed by atoms with Crippen LogP contribution in [0.15, 0.2) is 42.7 Å². The second-order valence-electron chi connectivity index (χ2n) is 7.04. The molecule has 0 saturated carbocycles. The molecule has 6 heteroatoms. The second kappa shape index (κ2) is 8.85. The monoisotopic (exact) mass is 355 g/mol. The van der Waals surface area contributed by atoms with Gasteiger partial charge in [-0.2, -0.15) is 5.10 Å². The molecule has 2 aromatic rings. The molecule has 1 aliphatic heterocycles. The molecule has 1 atom stereocenters. The van der Waals surface area contributed by atoms with Crippen LogP contribution in [0.4, 0.5) is 5.69 Å². The highest BCUT2D eigenvalue weighted by Crippen LogP contribution is 2.16. The molecule has 26 heavy (non-hydrogen) atoms. The highest BCUT2D eigenvalue weighted by atomic mass is 16.1. The Hall–Kier alpha value is -2.34. The number of anilines is 1. The predicted octanol–water partition coefficient (Wildman–Crippen LogP) is 1.91. The van der Waals surface area contributed by atoms with Gasteiger partial charge in [-0.3, -0.25) is 14.4 Å². The van der Waals surface area contributed by atoms with E-state index in [1.54, 1.807) is 0 Å². The SMILES string of the molecule is Cc1cnn(CCC(=O)NCC(C)N2CCN(c3ccccc3)CC2)c1. The molecular weight excluding hydrogens is 326 g/mol. The number of carbonyl (C=O) groups excluding carboxylic acids is 1. The number of piperazine rings is 1. The number of aromatic nitrogens is 2. The fourth-order valence-electron chi connectivity index (χ4n) is 3.34. The summed E-state index contributed by atoms with van der Waals surface area (Å²) in [4.78, 5) is 16.9. The van der Waals surface area contributed by atoms with Crippen LogP contribution < -0.4 is 10.2 Å². The van der Waals surface area contributed by atoms with E-state index in [0.717, 1.165) is 31.7 Å². The number of aryl methyl sites for hydroxylation is 2. The molecule has 1 unspecified atom stereocenters. The lowest BCUT2D eigenvalue weighted by molar-refractivity contribution is -0.121.